The number of nitrogens with one attached hydrogen (secondary N) is 10. The van der Waals surface area contributed by atoms with Gasteiger partial charge in [-0.3, -0.25) is 52.7 Å². The normalized spacial score (nSPS) is 24.9. The van der Waals surface area contributed by atoms with Crippen LogP contribution < -0.4 is 53.2 Å². The Hall–Kier alpha value is -6.63. The Bertz CT molecular complexity index is 2750. The number of carbonyl (C=O) groups is 11. The van der Waals surface area contributed by atoms with E-state index >= 15 is 0 Å². The molecule has 11 amide bonds. The Morgan fingerprint density at radius 2 is 0.625 bits per heavy atom. The standard InChI is InChI=1S/C78H139N11O31/c1-50(94)85-66-72(109)69(106)55(44-91)118-75(66)115-35-15-12-21-58(98)79-29-18-32-82-61(101)26-38-112-47-78(88-64(104)24-10-8-6-4-5-7-9-11-25-65(105)89-42-54(97)41-53(89)43-90,48-113-39-27-62(102)83-33-19-30-80-59(99)22-13-16-36-116-76-67(86-51(2)95)73(110)70(107)56(45-92)119-76)49-114-40-28-63(103)84-34-20-31-81-60(100)23-14-17-37-117-77-68(87-52(3)96)74(111)71(108)57(46-93)120-77/h53-57,66-77,90-93,97,106-111H,4-49H2,1-3H3,(H,79,98)(H,80,99)(H,81,100)(H,82,101)(H,83,102)(H,84,103)(H,85,94)(H,86,95)(H,87,96)(H,88,104)/t53-,54+,55+,56+,57+,66+,67+,68+,69-,70-,71-,72+,73+,74+,75+,76+,77+/m0/s1. The van der Waals surface area contributed by atoms with Crippen molar-refractivity contribution in [2.45, 2.75) is 297 Å². The maximum Gasteiger partial charge on any atom is 0.222 e. The number of amides is 11. The van der Waals surface area contributed by atoms with Crippen molar-refractivity contribution in [3.8, 4) is 0 Å². The molecule has 4 heterocycles. The van der Waals surface area contributed by atoms with Gasteiger partial charge in [0.2, 0.25) is 65.0 Å². The quantitative estimate of drug-likeness (QED) is 0.0252. The molecule has 42 heteroatoms. The van der Waals surface area contributed by atoms with E-state index in [1.165, 1.54) is 20.8 Å². The predicted molar refractivity (Wildman–Crippen MR) is 424 cm³/mol. The Kier molecular flexibility index (Phi) is 53.6. The van der Waals surface area contributed by atoms with Crippen LogP contribution >= 0.6 is 0 Å². The number of aliphatic hydroxyl groups is 11. The van der Waals surface area contributed by atoms with E-state index in [4.69, 9.17) is 42.6 Å². The van der Waals surface area contributed by atoms with E-state index in [0.29, 0.717) is 83.5 Å². The molecule has 0 aromatic carbocycles. The van der Waals surface area contributed by atoms with E-state index in [1.54, 1.807) is 4.90 Å². The van der Waals surface area contributed by atoms with E-state index in [9.17, 15) is 109 Å². The van der Waals surface area contributed by atoms with Crippen molar-refractivity contribution in [1.29, 1.82) is 0 Å². The van der Waals surface area contributed by atoms with Crippen molar-refractivity contribution in [2.24, 2.45) is 0 Å². The minimum Gasteiger partial charge on any atom is -0.394 e. The molecule has 0 bridgehead atoms. The Labute approximate surface area is 701 Å². The second-order valence-corrected chi connectivity index (χ2v) is 30.8. The van der Waals surface area contributed by atoms with E-state index in [-0.39, 0.29) is 210 Å². The van der Waals surface area contributed by atoms with Gasteiger partial charge in [-0.05, 0) is 77.0 Å². The third kappa shape index (κ3) is 42.2. The number of rotatable bonds is 64. The molecular weight excluding hydrogens is 1590 g/mol. The average molecular weight is 1730 g/mol. The molecule has 692 valence electrons. The summed E-state index contributed by atoms with van der Waals surface area (Å²) in [4.78, 5) is 141. The Morgan fingerprint density at radius 3 is 0.925 bits per heavy atom. The van der Waals surface area contributed by atoms with Crippen LogP contribution in [0.15, 0.2) is 0 Å². The summed E-state index contributed by atoms with van der Waals surface area (Å²) >= 11 is 0. The zero-order valence-corrected chi connectivity index (χ0v) is 69.9. The second-order valence-electron chi connectivity index (χ2n) is 30.8. The van der Waals surface area contributed by atoms with Crippen LogP contribution in [0.4, 0.5) is 0 Å². The largest absolute Gasteiger partial charge is 0.394 e. The third-order valence-corrected chi connectivity index (χ3v) is 20.4. The highest BCUT2D eigenvalue weighted by Gasteiger charge is 2.48. The SMILES string of the molecule is CC(=O)N[C@H]1[C@H](OCCCCC(=O)NCCCNC(=O)CCOCC(COCCC(=O)NCCCNC(=O)CCCCO[C@@H]2O[C@H](CO)[C@H](O)[C@H](O)[C@H]2NC(C)=O)(COCCC(=O)NCCCNC(=O)CCCCO[C@@H]2O[C@H](CO)[C@H](O)[C@H](O)[C@H]2NC(C)=O)NC(=O)CCCCCCCCCCC(=O)N2C[C@H](O)C[C@H]2CO)O[C@H](CO)[C@H](O)[C@@H]1O. The van der Waals surface area contributed by atoms with Crippen molar-refractivity contribution in [2.75, 3.05) is 132 Å². The summed E-state index contributed by atoms with van der Waals surface area (Å²) in [5.74, 6) is -3.86. The van der Waals surface area contributed by atoms with Crippen molar-refractivity contribution >= 4 is 65.0 Å². The van der Waals surface area contributed by atoms with Crippen LogP contribution in [-0.2, 0) is 95.4 Å². The van der Waals surface area contributed by atoms with Crippen LogP contribution in [0.5, 0.6) is 0 Å². The molecule has 0 aliphatic carbocycles. The number of nitrogens with zero attached hydrogens (tertiary/aromatic N) is 1. The molecule has 4 rings (SSSR count). The fraction of sp³-hybridized carbons (Fsp3) is 0.859. The number of unbranched alkanes of at least 4 members (excludes halogenated alkanes) is 10. The first-order valence-electron chi connectivity index (χ1n) is 42.3. The third-order valence-electron chi connectivity index (χ3n) is 20.4. The average Bonchev–Trinajstić information content (AvgIpc) is 0.999. The van der Waals surface area contributed by atoms with Gasteiger partial charge in [-0.25, -0.2) is 0 Å². The van der Waals surface area contributed by atoms with E-state index in [0.717, 1.165) is 38.5 Å². The van der Waals surface area contributed by atoms with E-state index in [1.807, 2.05) is 0 Å². The van der Waals surface area contributed by atoms with Gasteiger partial charge in [0.05, 0.1) is 78.2 Å². The summed E-state index contributed by atoms with van der Waals surface area (Å²) < 4.78 is 52.2. The lowest BCUT2D eigenvalue weighted by Crippen LogP contribution is -2.64. The molecule has 17 atom stereocenters. The summed E-state index contributed by atoms with van der Waals surface area (Å²) in [6.07, 6.45) is -5.72. The van der Waals surface area contributed by atoms with Gasteiger partial charge in [0.1, 0.15) is 78.6 Å². The van der Waals surface area contributed by atoms with Crippen molar-refractivity contribution in [1.82, 2.24) is 58.1 Å². The number of ether oxygens (including phenoxy) is 9. The molecule has 42 nitrogen and oxygen atoms in total. The van der Waals surface area contributed by atoms with Gasteiger partial charge < -0.3 is 157 Å². The van der Waals surface area contributed by atoms with Crippen molar-refractivity contribution in [3.05, 3.63) is 0 Å². The van der Waals surface area contributed by atoms with Crippen molar-refractivity contribution < 1.29 is 152 Å². The number of hydrogen-bond donors (Lipinski definition) is 21. The zero-order chi connectivity index (χ0) is 88.2. The number of β-amino-alcohol motifs (C(OH)–C–C–N with tert-alkyl or cyclic N) is 1. The molecule has 0 aromatic rings. The summed E-state index contributed by atoms with van der Waals surface area (Å²) in [7, 11) is 0. The molecule has 0 spiro atoms. The fourth-order valence-electron chi connectivity index (χ4n) is 13.8. The molecule has 0 saturated carbocycles. The molecule has 21 N–H and O–H groups in total. The summed E-state index contributed by atoms with van der Waals surface area (Å²) in [6.45, 7) is 2.27. The van der Waals surface area contributed by atoms with Gasteiger partial charge in [0, 0.05) is 138 Å². The first-order chi connectivity index (χ1) is 57.5. The van der Waals surface area contributed by atoms with Crippen LogP contribution in [0.3, 0.4) is 0 Å². The van der Waals surface area contributed by atoms with Crippen LogP contribution in [0.1, 0.15) is 188 Å². The second kappa shape index (κ2) is 60.8. The smallest absolute Gasteiger partial charge is 0.222 e. The zero-order valence-electron chi connectivity index (χ0n) is 69.9. The molecule has 4 aliphatic heterocycles. The van der Waals surface area contributed by atoms with E-state index < -0.39 is 141 Å². The lowest BCUT2D eigenvalue weighted by atomic mass is 9.97. The highest BCUT2D eigenvalue weighted by molar-refractivity contribution is 5.79. The first kappa shape index (κ1) is 106. The van der Waals surface area contributed by atoms with Crippen LogP contribution in [0.2, 0.25) is 0 Å². The molecule has 0 unspecified atom stereocenters. The van der Waals surface area contributed by atoms with Crippen LogP contribution in [0.25, 0.3) is 0 Å². The number of hydrogen-bond acceptors (Lipinski definition) is 31. The fourth-order valence-corrected chi connectivity index (χ4v) is 13.8. The monoisotopic (exact) mass is 1730 g/mol. The summed E-state index contributed by atoms with van der Waals surface area (Å²) in [5, 5.41) is 138. The summed E-state index contributed by atoms with van der Waals surface area (Å²) in [5.41, 5.74) is -1.44. The van der Waals surface area contributed by atoms with Gasteiger partial charge in [0.25, 0.3) is 0 Å². The van der Waals surface area contributed by atoms with Crippen LogP contribution in [0, 0.1) is 0 Å². The minimum atomic E-state index is -1.47. The first-order valence-corrected chi connectivity index (χ1v) is 42.3. The molecule has 120 heavy (non-hydrogen) atoms. The van der Waals surface area contributed by atoms with Gasteiger partial charge in [-0.1, -0.05) is 38.5 Å². The van der Waals surface area contributed by atoms with Gasteiger partial charge >= 0.3 is 0 Å². The molecule has 4 fully saturated rings. The number of carbonyl (C=O) groups excluding carboxylic acids is 11. The highest BCUT2D eigenvalue weighted by atomic mass is 16.7. The molecule has 4 saturated heterocycles. The summed E-state index contributed by atoms with van der Waals surface area (Å²) in [6, 6.07) is -3.67. The van der Waals surface area contributed by atoms with Gasteiger partial charge in [-0.2, -0.15) is 0 Å². The van der Waals surface area contributed by atoms with E-state index in [2.05, 4.69) is 53.2 Å². The van der Waals surface area contributed by atoms with Crippen LogP contribution in [-0.4, -0.2) is 367 Å². The topological polar surface area (TPSA) is 617 Å². The molecule has 0 aromatic heterocycles. The highest BCUT2D eigenvalue weighted by Crippen LogP contribution is 2.27. The maximum absolute atomic E-state index is 14.0. The number of likely N-dealkylation sites (tertiary alicyclic amines) is 1. The lowest BCUT2D eigenvalue weighted by Gasteiger charge is -2.42. The number of aliphatic hydroxyl groups excluding tert-OH is 11. The van der Waals surface area contributed by atoms with Gasteiger partial charge in [-0.15, -0.1) is 0 Å². The minimum absolute atomic E-state index is 0.0720. The molecule has 0 radical (unpaired) electrons. The Morgan fingerprint density at radius 1 is 0.342 bits per heavy atom. The lowest BCUT2D eigenvalue weighted by molar-refractivity contribution is -0.270. The van der Waals surface area contributed by atoms with Crippen molar-refractivity contribution in [3.63, 3.8) is 0 Å². The van der Waals surface area contributed by atoms with Gasteiger partial charge in [0.15, 0.2) is 18.9 Å². The molecule has 4 aliphatic rings. The maximum atomic E-state index is 14.0. The Balaban J connectivity index is 1.30. The molecular formula is C78H139N11O31. The predicted octanol–water partition coefficient (Wildman–Crippen LogP) is -5.82.